The van der Waals surface area contributed by atoms with Gasteiger partial charge >= 0.3 is 0 Å². The molecule has 148 valence electrons. The maximum atomic E-state index is 6.48. The van der Waals surface area contributed by atoms with Gasteiger partial charge in [0.15, 0.2) is 11.5 Å². The molecular weight excluding hydrogens is 362 g/mol. The number of ether oxygens (including phenoxy) is 3. The molecule has 1 N–H and O–H groups in total. The second-order valence-electron chi connectivity index (χ2n) is 6.27. The maximum Gasteiger partial charge on any atom is 0.163 e. The van der Waals surface area contributed by atoms with Gasteiger partial charge in [0.05, 0.1) is 6.61 Å². The van der Waals surface area contributed by atoms with Gasteiger partial charge in [0.25, 0.3) is 0 Å². The molecule has 0 saturated carbocycles. The van der Waals surface area contributed by atoms with Crippen LogP contribution in [0.3, 0.4) is 0 Å². The van der Waals surface area contributed by atoms with Gasteiger partial charge in [-0.05, 0) is 56.5 Å². The normalized spacial score (nSPS) is 10.8. The van der Waals surface area contributed by atoms with E-state index < -0.39 is 0 Å². The number of nitrogens with one attached hydrogen (secondary N) is 1. The summed E-state index contributed by atoms with van der Waals surface area (Å²) in [6.07, 6.45) is 0.974. The van der Waals surface area contributed by atoms with Crippen molar-refractivity contribution in [2.75, 3.05) is 26.4 Å². The highest BCUT2D eigenvalue weighted by molar-refractivity contribution is 6.31. The molecule has 0 unspecified atom stereocenters. The van der Waals surface area contributed by atoms with Crippen LogP contribution < -0.4 is 14.8 Å². The molecule has 0 saturated heterocycles. The highest BCUT2D eigenvalue weighted by atomic mass is 35.5. The quantitative estimate of drug-likeness (QED) is 0.508. The van der Waals surface area contributed by atoms with E-state index in [1.165, 1.54) is 5.56 Å². The van der Waals surface area contributed by atoms with Gasteiger partial charge in [-0.25, -0.2) is 0 Å². The van der Waals surface area contributed by atoms with Crippen LogP contribution in [-0.2, 0) is 17.9 Å². The van der Waals surface area contributed by atoms with Crippen LogP contribution in [0, 0.1) is 6.92 Å². The van der Waals surface area contributed by atoms with Gasteiger partial charge in [-0.3, -0.25) is 0 Å². The molecule has 0 fully saturated rings. The Hall–Kier alpha value is -1.75. The molecule has 0 radical (unpaired) electrons. The smallest absolute Gasteiger partial charge is 0.163 e. The molecule has 0 spiro atoms. The second-order valence-corrected chi connectivity index (χ2v) is 6.67. The molecule has 0 heterocycles. The maximum absolute atomic E-state index is 6.48. The van der Waals surface area contributed by atoms with E-state index in [2.05, 4.69) is 24.4 Å². The van der Waals surface area contributed by atoms with E-state index in [1.54, 1.807) is 0 Å². The van der Waals surface area contributed by atoms with E-state index in [-0.39, 0.29) is 0 Å². The molecule has 0 aliphatic heterocycles. The predicted molar refractivity (Wildman–Crippen MR) is 111 cm³/mol. The molecule has 2 aromatic carbocycles. The van der Waals surface area contributed by atoms with Crippen molar-refractivity contribution in [3.63, 3.8) is 0 Å². The summed E-state index contributed by atoms with van der Waals surface area (Å²) in [7, 11) is 0. The molecule has 0 aliphatic rings. The highest BCUT2D eigenvalue weighted by Crippen LogP contribution is 2.34. The van der Waals surface area contributed by atoms with Crippen molar-refractivity contribution >= 4 is 11.6 Å². The van der Waals surface area contributed by atoms with Crippen LogP contribution in [0.25, 0.3) is 0 Å². The van der Waals surface area contributed by atoms with Crippen LogP contribution in [0.4, 0.5) is 0 Å². The Kier molecular flexibility index (Phi) is 9.46. The number of rotatable bonds is 12. The van der Waals surface area contributed by atoms with Crippen LogP contribution in [0.5, 0.6) is 11.5 Å². The molecule has 2 rings (SSSR count). The van der Waals surface area contributed by atoms with E-state index in [1.807, 2.05) is 38.1 Å². The van der Waals surface area contributed by atoms with Gasteiger partial charge in [-0.1, -0.05) is 35.9 Å². The minimum Gasteiger partial charge on any atom is -0.490 e. The van der Waals surface area contributed by atoms with Crippen LogP contribution in [0.1, 0.15) is 37.0 Å². The predicted octanol–water partition coefficient (Wildman–Crippen LogP) is 5.14. The zero-order valence-corrected chi connectivity index (χ0v) is 17.3. The van der Waals surface area contributed by atoms with Crippen molar-refractivity contribution in [1.82, 2.24) is 5.32 Å². The summed E-state index contributed by atoms with van der Waals surface area (Å²) in [5.74, 6) is 1.40. The van der Waals surface area contributed by atoms with Gasteiger partial charge < -0.3 is 19.5 Å². The molecule has 5 heteroatoms. The van der Waals surface area contributed by atoms with E-state index in [0.717, 1.165) is 43.1 Å². The fourth-order valence-electron chi connectivity index (χ4n) is 2.69. The number of aryl methyl sites for hydroxylation is 1. The van der Waals surface area contributed by atoms with Crippen LogP contribution >= 0.6 is 11.6 Å². The van der Waals surface area contributed by atoms with Gasteiger partial charge in [-0.15, -0.1) is 0 Å². The minimum atomic E-state index is 0.484. The van der Waals surface area contributed by atoms with E-state index >= 15 is 0 Å². The molecular formula is C22H30ClNO3. The van der Waals surface area contributed by atoms with E-state index in [0.29, 0.717) is 30.5 Å². The average molecular weight is 392 g/mol. The monoisotopic (exact) mass is 391 g/mol. The lowest BCUT2D eigenvalue weighted by atomic mass is 10.1. The summed E-state index contributed by atoms with van der Waals surface area (Å²) in [5, 5.41) is 4.07. The minimum absolute atomic E-state index is 0.484. The van der Waals surface area contributed by atoms with Crippen molar-refractivity contribution < 1.29 is 14.2 Å². The summed E-state index contributed by atoms with van der Waals surface area (Å²) in [6, 6.07) is 12.0. The van der Waals surface area contributed by atoms with Crippen molar-refractivity contribution in [2.45, 2.75) is 40.3 Å². The molecule has 0 bridgehead atoms. The third-order valence-corrected chi connectivity index (χ3v) is 4.57. The Morgan fingerprint density at radius 3 is 2.48 bits per heavy atom. The SMILES string of the molecule is CCOCCCNCc1cc(OCC)c(OCc2ccccc2C)cc1Cl. The molecule has 0 atom stereocenters. The summed E-state index contributed by atoms with van der Waals surface area (Å²) in [4.78, 5) is 0. The first kappa shape index (κ1) is 21.5. The summed E-state index contributed by atoms with van der Waals surface area (Å²) in [6.45, 7) is 10.2. The highest BCUT2D eigenvalue weighted by Gasteiger charge is 2.12. The first-order valence-corrected chi connectivity index (χ1v) is 9.94. The van der Waals surface area contributed by atoms with Crippen molar-refractivity contribution in [1.29, 1.82) is 0 Å². The van der Waals surface area contributed by atoms with E-state index in [9.17, 15) is 0 Å². The lowest BCUT2D eigenvalue weighted by molar-refractivity contribution is 0.144. The molecule has 27 heavy (non-hydrogen) atoms. The first-order valence-electron chi connectivity index (χ1n) is 9.56. The lowest BCUT2D eigenvalue weighted by Gasteiger charge is -2.16. The van der Waals surface area contributed by atoms with Gasteiger partial charge in [0.1, 0.15) is 6.61 Å². The number of benzene rings is 2. The molecule has 0 aliphatic carbocycles. The molecule has 0 aromatic heterocycles. The molecule has 4 nitrogen and oxygen atoms in total. The van der Waals surface area contributed by atoms with Gasteiger partial charge in [0, 0.05) is 30.8 Å². The summed E-state index contributed by atoms with van der Waals surface area (Å²) in [5.41, 5.74) is 3.35. The largest absolute Gasteiger partial charge is 0.490 e. The van der Waals surface area contributed by atoms with E-state index in [4.69, 9.17) is 25.8 Å². The fourth-order valence-corrected chi connectivity index (χ4v) is 2.91. The Morgan fingerprint density at radius 2 is 1.74 bits per heavy atom. The van der Waals surface area contributed by atoms with Gasteiger partial charge in [0.2, 0.25) is 0 Å². The third-order valence-electron chi connectivity index (χ3n) is 4.22. The first-order chi connectivity index (χ1) is 13.2. The standard InChI is InChI=1S/C22H30ClNO3/c1-4-25-12-8-11-24-15-19-13-21(26-5-2)22(14-20(19)23)27-16-18-10-7-6-9-17(18)3/h6-7,9-10,13-14,24H,4-5,8,11-12,15-16H2,1-3H3. The topological polar surface area (TPSA) is 39.7 Å². The Balaban J connectivity index is 2.00. The summed E-state index contributed by atoms with van der Waals surface area (Å²) >= 11 is 6.48. The second kappa shape index (κ2) is 11.9. The number of halogens is 1. The van der Waals surface area contributed by atoms with Crippen LogP contribution in [-0.4, -0.2) is 26.4 Å². The van der Waals surface area contributed by atoms with Crippen LogP contribution in [0.2, 0.25) is 5.02 Å². The zero-order chi connectivity index (χ0) is 19.5. The van der Waals surface area contributed by atoms with Crippen molar-refractivity contribution in [2.24, 2.45) is 0 Å². The average Bonchev–Trinajstić information content (AvgIpc) is 2.66. The number of hydrogen-bond acceptors (Lipinski definition) is 4. The third kappa shape index (κ3) is 7.06. The zero-order valence-electron chi connectivity index (χ0n) is 16.5. The van der Waals surface area contributed by atoms with Crippen molar-refractivity contribution in [3.05, 3.63) is 58.1 Å². The summed E-state index contributed by atoms with van der Waals surface area (Å²) < 4.78 is 17.1. The Morgan fingerprint density at radius 1 is 0.963 bits per heavy atom. The van der Waals surface area contributed by atoms with Gasteiger partial charge in [-0.2, -0.15) is 0 Å². The number of hydrogen-bond donors (Lipinski definition) is 1. The molecule has 0 amide bonds. The van der Waals surface area contributed by atoms with Crippen LogP contribution in [0.15, 0.2) is 36.4 Å². The Labute approximate surface area is 167 Å². The fraction of sp³-hybridized carbons (Fsp3) is 0.455. The Bertz CT molecular complexity index is 706. The van der Waals surface area contributed by atoms with Crippen molar-refractivity contribution in [3.8, 4) is 11.5 Å². The molecule has 2 aromatic rings. The lowest BCUT2D eigenvalue weighted by Crippen LogP contribution is -2.17.